The third-order valence-electron chi connectivity index (χ3n) is 5.02. The molecule has 6 nitrogen and oxygen atoms in total. The Kier molecular flexibility index (Phi) is 5.11. The molecule has 7 heteroatoms. The number of amides is 1. The molecule has 0 saturated heterocycles. The molecular weight excluding hydrogens is 390 g/mol. The predicted molar refractivity (Wildman–Crippen MR) is 113 cm³/mol. The van der Waals surface area contributed by atoms with Crippen molar-refractivity contribution in [3.8, 4) is 11.5 Å². The molecule has 1 aliphatic rings. The molecule has 1 amide bonds. The van der Waals surface area contributed by atoms with Crippen LogP contribution in [0.3, 0.4) is 0 Å². The molecule has 2 heterocycles. The summed E-state index contributed by atoms with van der Waals surface area (Å²) >= 11 is 6.54. The first kappa shape index (κ1) is 19.2. The number of rotatable bonds is 4. The predicted octanol–water partition coefficient (Wildman–Crippen LogP) is 4.60. The minimum Gasteiger partial charge on any atom is -0.497 e. The topological polar surface area (TPSA) is 64.0 Å². The van der Waals surface area contributed by atoms with Crippen molar-refractivity contribution < 1.29 is 14.3 Å². The van der Waals surface area contributed by atoms with Crippen molar-refractivity contribution in [2.75, 3.05) is 14.2 Å². The molecule has 2 aromatic carbocycles. The second kappa shape index (κ2) is 7.72. The normalized spacial score (nSPS) is 16.1. The van der Waals surface area contributed by atoms with Gasteiger partial charge in [0.15, 0.2) is 0 Å². The summed E-state index contributed by atoms with van der Waals surface area (Å²) in [6.07, 6.45) is 0.517. The monoisotopic (exact) mass is 409 g/mol. The van der Waals surface area contributed by atoms with E-state index in [1.165, 1.54) is 11.9 Å². The Morgan fingerprint density at radius 1 is 1.14 bits per heavy atom. The van der Waals surface area contributed by atoms with Gasteiger partial charge < -0.3 is 9.47 Å². The lowest BCUT2D eigenvalue weighted by Crippen LogP contribution is -2.24. The lowest BCUT2D eigenvalue weighted by Gasteiger charge is -2.21. The quantitative estimate of drug-likeness (QED) is 0.590. The largest absolute Gasteiger partial charge is 0.497 e. The van der Waals surface area contributed by atoms with Gasteiger partial charge in [-0.25, -0.2) is 9.99 Å². The number of carbonyl (C=O) groups is 1. The van der Waals surface area contributed by atoms with Gasteiger partial charge in [0.25, 0.3) is 0 Å². The van der Waals surface area contributed by atoms with Crippen molar-refractivity contribution in [2.45, 2.75) is 19.4 Å². The summed E-state index contributed by atoms with van der Waals surface area (Å²) in [5.41, 5.74) is 3.12. The van der Waals surface area contributed by atoms with Gasteiger partial charge in [0, 0.05) is 35.9 Å². The van der Waals surface area contributed by atoms with E-state index in [4.69, 9.17) is 21.1 Å². The van der Waals surface area contributed by atoms with Crippen LogP contribution >= 0.6 is 11.6 Å². The number of carbonyl (C=O) groups excluding carboxylic acids is 1. The highest BCUT2D eigenvalue weighted by Gasteiger charge is 2.34. The van der Waals surface area contributed by atoms with Crippen LogP contribution < -0.4 is 9.47 Å². The number of hydrogen-bond donors (Lipinski definition) is 0. The van der Waals surface area contributed by atoms with E-state index in [0.29, 0.717) is 23.1 Å². The second-order valence-corrected chi connectivity index (χ2v) is 7.12. The average Bonchev–Trinajstić information content (AvgIpc) is 3.18. The van der Waals surface area contributed by atoms with Gasteiger partial charge in [-0.2, -0.15) is 5.10 Å². The number of aromatic nitrogens is 1. The van der Waals surface area contributed by atoms with Crippen LogP contribution in [0.5, 0.6) is 11.5 Å². The van der Waals surface area contributed by atoms with Gasteiger partial charge in [-0.15, -0.1) is 0 Å². The van der Waals surface area contributed by atoms with E-state index in [1.54, 1.807) is 14.2 Å². The van der Waals surface area contributed by atoms with Crippen LogP contribution in [0, 0.1) is 0 Å². The molecule has 0 N–H and O–H groups in total. The SMILES string of the molecule is COc1ccc2cc([C@H]3CC(c4ccccc4OC)=NN3C(C)=O)c(Cl)nc2c1. The molecule has 3 aromatic rings. The number of halogens is 1. The second-order valence-electron chi connectivity index (χ2n) is 6.76. The summed E-state index contributed by atoms with van der Waals surface area (Å²) in [7, 11) is 3.23. The van der Waals surface area contributed by atoms with Crippen molar-refractivity contribution in [3.63, 3.8) is 0 Å². The van der Waals surface area contributed by atoms with E-state index in [-0.39, 0.29) is 11.9 Å². The summed E-state index contributed by atoms with van der Waals surface area (Å²) in [6, 6.07) is 14.9. The molecule has 29 heavy (non-hydrogen) atoms. The smallest absolute Gasteiger partial charge is 0.240 e. The molecule has 0 bridgehead atoms. The van der Waals surface area contributed by atoms with Gasteiger partial charge in [-0.1, -0.05) is 23.7 Å². The Balaban J connectivity index is 1.76. The molecule has 0 radical (unpaired) electrons. The fourth-order valence-corrected chi connectivity index (χ4v) is 3.86. The number of hydrogen-bond acceptors (Lipinski definition) is 5. The molecule has 1 aromatic heterocycles. The molecule has 0 unspecified atom stereocenters. The van der Waals surface area contributed by atoms with Crippen LogP contribution in [0.4, 0.5) is 0 Å². The maximum absolute atomic E-state index is 12.3. The molecular formula is C22H20ClN3O3. The molecule has 4 rings (SSSR count). The van der Waals surface area contributed by atoms with Crippen LogP contribution in [-0.2, 0) is 4.79 Å². The van der Waals surface area contributed by atoms with Gasteiger partial charge in [0.1, 0.15) is 16.7 Å². The first-order valence-corrected chi connectivity index (χ1v) is 9.54. The fourth-order valence-electron chi connectivity index (χ4n) is 3.59. The first-order valence-electron chi connectivity index (χ1n) is 9.16. The third-order valence-corrected chi connectivity index (χ3v) is 5.32. The van der Waals surface area contributed by atoms with E-state index >= 15 is 0 Å². The Labute approximate surface area is 173 Å². The maximum atomic E-state index is 12.3. The average molecular weight is 410 g/mol. The van der Waals surface area contributed by atoms with Crippen LogP contribution in [0.1, 0.15) is 30.5 Å². The van der Waals surface area contributed by atoms with Gasteiger partial charge in [-0.3, -0.25) is 4.79 Å². The van der Waals surface area contributed by atoms with E-state index in [1.807, 2.05) is 48.5 Å². The zero-order chi connectivity index (χ0) is 20.5. The lowest BCUT2D eigenvalue weighted by atomic mass is 9.98. The Morgan fingerprint density at radius 3 is 2.66 bits per heavy atom. The first-order chi connectivity index (χ1) is 14.0. The van der Waals surface area contributed by atoms with Crippen molar-refractivity contribution in [1.82, 2.24) is 9.99 Å². The number of ether oxygens (including phenoxy) is 2. The standard InChI is InChI=1S/C22H20ClN3O3/c1-13(27)26-20(12-19(25-26)16-6-4-5-7-21(16)29-3)17-10-14-8-9-15(28-2)11-18(14)24-22(17)23/h4-11,20H,12H2,1-3H3/t20-/m1/s1. The molecule has 0 fully saturated rings. The van der Waals surface area contributed by atoms with Crippen LogP contribution in [-0.4, -0.2) is 35.8 Å². The van der Waals surface area contributed by atoms with Crippen molar-refractivity contribution in [1.29, 1.82) is 0 Å². The minimum absolute atomic E-state index is 0.161. The zero-order valence-electron chi connectivity index (χ0n) is 16.3. The van der Waals surface area contributed by atoms with Crippen LogP contribution in [0.2, 0.25) is 5.15 Å². The number of pyridine rings is 1. The van der Waals surface area contributed by atoms with Crippen LogP contribution in [0.25, 0.3) is 10.9 Å². The van der Waals surface area contributed by atoms with Gasteiger partial charge in [-0.05, 0) is 30.3 Å². The van der Waals surface area contributed by atoms with Gasteiger partial charge >= 0.3 is 0 Å². The van der Waals surface area contributed by atoms with Crippen molar-refractivity contribution >= 4 is 34.1 Å². The lowest BCUT2D eigenvalue weighted by molar-refractivity contribution is -0.130. The Bertz CT molecular complexity index is 1130. The molecule has 0 saturated carbocycles. The van der Waals surface area contributed by atoms with E-state index in [9.17, 15) is 4.79 Å². The summed E-state index contributed by atoms with van der Waals surface area (Å²) in [4.78, 5) is 16.9. The highest BCUT2D eigenvalue weighted by Crippen LogP contribution is 2.38. The molecule has 1 aliphatic heterocycles. The zero-order valence-corrected chi connectivity index (χ0v) is 17.1. The van der Waals surface area contributed by atoms with Crippen LogP contribution in [0.15, 0.2) is 53.6 Å². The molecule has 0 spiro atoms. The third kappa shape index (κ3) is 3.51. The van der Waals surface area contributed by atoms with Crippen molar-refractivity contribution in [2.24, 2.45) is 5.10 Å². The maximum Gasteiger partial charge on any atom is 0.240 e. The summed E-state index contributed by atoms with van der Waals surface area (Å²) in [5, 5.41) is 7.32. The van der Waals surface area contributed by atoms with E-state index < -0.39 is 0 Å². The summed E-state index contributed by atoms with van der Waals surface area (Å²) < 4.78 is 10.7. The highest BCUT2D eigenvalue weighted by atomic mass is 35.5. The molecule has 1 atom stereocenters. The number of hydrazone groups is 1. The summed E-state index contributed by atoms with van der Waals surface area (Å²) in [6.45, 7) is 1.49. The van der Waals surface area contributed by atoms with E-state index in [0.717, 1.165) is 27.7 Å². The fraction of sp³-hybridized carbons (Fsp3) is 0.227. The number of methoxy groups -OCH3 is 2. The van der Waals surface area contributed by atoms with Gasteiger partial charge in [0.05, 0.1) is 31.5 Å². The number of nitrogens with zero attached hydrogens (tertiary/aromatic N) is 3. The molecule has 0 aliphatic carbocycles. The van der Waals surface area contributed by atoms with Gasteiger partial charge in [0.2, 0.25) is 5.91 Å². The van der Waals surface area contributed by atoms with Crippen molar-refractivity contribution in [3.05, 3.63) is 64.8 Å². The Hall–Kier alpha value is -3.12. The Morgan fingerprint density at radius 2 is 1.93 bits per heavy atom. The van der Waals surface area contributed by atoms with E-state index in [2.05, 4.69) is 10.1 Å². The highest BCUT2D eigenvalue weighted by molar-refractivity contribution is 6.30. The molecule has 148 valence electrons. The minimum atomic E-state index is -0.334. The number of fused-ring (bicyclic) bond motifs is 1. The number of para-hydroxylation sites is 1. The number of benzene rings is 2. The summed E-state index contributed by atoms with van der Waals surface area (Å²) in [5.74, 6) is 1.26.